The van der Waals surface area contributed by atoms with E-state index in [1.54, 1.807) is 11.1 Å². The Balaban J connectivity index is 0.858. The van der Waals surface area contributed by atoms with E-state index in [1.165, 1.54) is 251 Å². The van der Waals surface area contributed by atoms with E-state index < -0.39 is 0 Å². The summed E-state index contributed by atoms with van der Waals surface area (Å²) in [6.07, 6.45) is 15.7. The summed E-state index contributed by atoms with van der Waals surface area (Å²) in [5.74, 6) is 6.90. The molecule has 8 aliphatic carbocycles. The number of aromatic nitrogens is 2. The van der Waals surface area contributed by atoms with E-state index >= 15 is 0 Å². The molecule has 0 atom stereocenters. The molecule has 14 aromatic carbocycles. The van der Waals surface area contributed by atoms with Gasteiger partial charge in [0.1, 0.15) is 0 Å². The normalized spacial score (nSPS) is 23.6. The molecule has 0 radical (unpaired) electrons. The number of benzene rings is 14. The minimum absolute atomic E-state index is 0.0473. The first-order valence-electron chi connectivity index (χ1n) is 39.5. The second kappa shape index (κ2) is 20.4. The fourth-order valence-electron chi connectivity index (χ4n) is 25.2. The van der Waals surface area contributed by atoms with Crippen molar-refractivity contribution in [3.05, 3.63) is 247 Å². The molecule has 0 unspecified atom stereocenters. The molecule has 2 nitrogen and oxygen atoms in total. The zero-order valence-corrected chi connectivity index (χ0v) is 60.2. The van der Waals surface area contributed by atoms with Crippen LogP contribution in [0.4, 0.5) is 0 Å². The molecule has 0 N–H and O–H groups in total. The van der Waals surface area contributed by atoms with Crippen LogP contribution in [-0.2, 0) is 16.2 Å². The Bertz CT molecular complexity index is 6390. The molecule has 103 heavy (non-hydrogen) atoms. The lowest BCUT2D eigenvalue weighted by Crippen LogP contribution is -2.59. The summed E-state index contributed by atoms with van der Waals surface area (Å²) in [6.45, 7) is 14.3. The van der Waals surface area contributed by atoms with Gasteiger partial charge in [0.05, 0.1) is 16.6 Å². The molecule has 3 heteroatoms. The molecule has 2 aliphatic heterocycles. The Hall–Kier alpha value is -9.70. The van der Waals surface area contributed by atoms with Gasteiger partial charge in [0.15, 0.2) is 0 Å². The third-order valence-electron chi connectivity index (χ3n) is 28.8. The van der Waals surface area contributed by atoms with Gasteiger partial charge < -0.3 is 9.13 Å². The van der Waals surface area contributed by atoms with Crippen molar-refractivity contribution in [3.63, 3.8) is 0 Å². The molecule has 8 fully saturated rings. The minimum Gasteiger partial charge on any atom is -0.310 e. The molecule has 498 valence electrons. The summed E-state index contributed by atoms with van der Waals surface area (Å²) in [7, 11) is 0. The summed E-state index contributed by atoms with van der Waals surface area (Å²) < 4.78 is 5.60. The van der Waals surface area contributed by atoms with E-state index in [4.69, 9.17) is 0 Å². The maximum absolute atomic E-state index is 2.83. The Morgan fingerprint density at radius 2 is 0.806 bits per heavy atom. The second-order valence-corrected chi connectivity index (χ2v) is 36.5. The highest BCUT2D eigenvalue weighted by Crippen LogP contribution is 2.63. The fourth-order valence-corrected chi connectivity index (χ4v) is 25.2. The van der Waals surface area contributed by atoms with Crippen molar-refractivity contribution in [2.45, 2.75) is 134 Å². The van der Waals surface area contributed by atoms with E-state index in [9.17, 15) is 0 Å². The first kappa shape index (κ1) is 58.8. The van der Waals surface area contributed by atoms with Gasteiger partial charge in [-0.3, -0.25) is 0 Å². The molecule has 8 bridgehead atoms. The standard InChI is InChI=1S/C100H85BN2/c1-98(2,3)67-34-36-85-80(48-67)82-49-68(99(4,5)6)50-83-96(82)102(85)87-46-65(90-69(60-26-28-62(29-27-60)89-63-42-55-38-56(44-63)45-64(89)43-55)24-15-25-70(90)61-30-32-66(33-31-61)100-52-57-39-58(53-100)41-59(40-57)54-100)47-88-95(87)101(83)84-51-81-76-21-10-8-17-72(76)74-19-12-14-23-78(74)92(81)94-93-86(103(88)97(84)94)37-35-79-75-20-9-7-16-71(75)73-18-11-13-22-77(73)91(79)93/h7-37,46-51,55-59,63-64,89H,38-45,52-54H2,1-6H3. The van der Waals surface area contributed by atoms with Crippen LogP contribution in [0.25, 0.3) is 153 Å². The summed E-state index contributed by atoms with van der Waals surface area (Å²) in [5.41, 5.74) is 25.8. The number of hydrogen-bond donors (Lipinski definition) is 0. The monoisotopic (exact) mass is 1320 g/mol. The van der Waals surface area contributed by atoms with E-state index in [-0.39, 0.29) is 17.5 Å². The SMILES string of the molecule is CC(C)(C)c1ccc2c(c1)c1cc(C(C)(C)C)cc3c1n2-c1cc(-c2c(-c4ccc(C5C6CC7CC(C6)CC5C7)cc4)cccc2-c2ccc(C45CC6CC(CC(C6)C4)C5)cc2)cc2c1B3c1cc3c4ccccc4c4ccccc4c3c3c4c5c6ccccc6c6ccccc6c5ccc4n-2c13. The van der Waals surface area contributed by atoms with Crippen LogP contribution in [0, 0.1) is 41.4 Å². The van der Waals surface area contributed by atoms with Crippen LogP contribution in [-0.4, -0.2) is 15.8 Å². The molecule has 26 rings (SSSR count). The molecule has 16 aromatic rings. The fraction of sp³-hybridized carbons (Fsp3) is 0.280. The summed E-state index contributed by atoms with van der Waals surface area (Å²) in [5, 5.41) is 21.1. The van der Waals surface area contributed by atoms with Gasteiger partial charge in [-0.1, -0.05) is 230 Å². The Morgan fingerprint density at radius 1 is 0.340 bits per heavy atom. The van der Waals surface area contributed by atoms with Crippen molar-refractivity contribution in [2.24, 2.45) is 41.4 Å². The first-order chi connectivity index (χ1) is 50.2. The quantitative estimate of drug-likeness (QED) is 0.120. The van der Waals surface area contributed by atoms with Gasteiger partial charge in [-0.25, -0.2) is 0 Å². The lowest BCUT2D eigenvalue weighted by atomic mass is 9.34. The van der Waals surface area contributed by atoms with Gasteiger partial charge in [0.25, 0.3) is 6.71 Å². The van der Waals surface area contributed by atoms with Crippen molar-refractivity contribution in [3.8, 4) is 44.8 Å². The van der Waals surface area contributed by atoms with Gasteiger partial charge in [-0.2, -0.15) is 0 Å². The average molecular weight is 1330 g/mol. The van der Waals surface area contributed by atoms with E-state index in [1.807, 2.05) is 0 Å². The van der Waals surface area contributed by atoms with Crippen LogP contribution in [0.1, 0.15) is 140 Å². The van der Waals surface area contributed by atoms with Crippen LogP contribution in [0.5, 0.6) is 0 Å². The predicted molar refractivity (Wildman–Crippen MR) is 438 cm³/mol. The molecule has 4 heterocycles. The number of rotatable bonds is 5. The van der Waals surface area contributed by atoms with Gasteiger partial charge in [0.2, 0.25) is 0 Å². The number of fused-ring (bicyclic) bond motifs is 24. The van der Waals surface area contributed by atoms with Crippen molar-refractivity contribution in [2.75, 3.05) is 0 Å². The minimum atomic E-state index is -0.130. The summed E-state index contributed by atoms with van der Waals surface area (Å²) in [6, 6.07) is 91.2. The van der Waals surface area contributed by atoms with Crippen molar-refractivity contribution in [1.82, 2.24) is 9.13 Å². The molecule has 0 saturated heterocycles. The van der Waals surface area contributed by atoms with Crippen LogP contribution in [0.2, 0.25) is 0 Å². The third-order valence-corrected chi connectivity index (χ3v) is 28.8. The lowest BCUT2D eigenvalue weighted by Gasteiger charge is -2.57. The molecule has 2 aromatic heterocycles. The van der Waals surface area contributed by atoms with E-state index in [0.29, 0.717) is 11.3 Å². The summed E-state index contributed by atoms with van der Waals surface area (Å²) in [4.78, 5) is 0. The van der Waals surface area contributed by atoms with Crippen molar-refractivity contribution >= 4 is 131 Å². The highest BCUT2D eigenvalue weighted by molar-refractivity contribution is 7.00. The average Bonchev–Trinajstić information content (AvgIpc) is 1.52. The molecule has 0 spiro atoms. The van der Waals surface area contributed by atoms with Crippen molar-refractivity contribution < 1.29 is 0 Å². The van der Waals surface area contributed by atoms with Crippen molar-refractivity contribution in [1.29, 1.82) is 0 Å². The zero-order chi connectivity index (χ0) is 68.0. The Labute approximate surface area is 603 Å². The predicted octanol–water partition coefficient (Wildman–Crippen LogP) is 24.5. The maximum Gasteiger partial charge on any atom is 0.252 e. The maximum atomic E-state index is 2.83. The van der Waals surface area contributed by atoms with Crippen LogP contribution in [0.3, 0.4) is 0 Å². The van der Waals surface area contributed by atoms with Crippen LogP contribution >= 0.6 is 0 Å². The highest BCUT2D eigenvalue weighted by Gasteiger charge is 2.52. The first-order valence-corrected chi connectivity index (χ1v) is 39.5. The molecule has 10 aliphatic rings. The molecular weight excluding hydrogens is 1240 g/mol. The Kier molecular flexibility index (Phi) is 11.6. The van der Waals surface area contributed by atoms with Crippen LogP contribution < -0.4 is 16.4 Å². The Morgan fingerprint density at radius 3 is 1.37 bits per heavy atom. The lowest BCUT2D eigenvalue weighted by molar-refractivity contribution is -0.00518. The van der Waals surface area contributed by atoms with E-state index in [2.05, 4.69) is 275 Å². The molecular formula is C100H85BN2. The largest absolute Gasteiger partial charge is 0.310 e. The van der Waals surface area contributed by atoms with Gasteiger partial charge >= 0.3 is 0 Å². The topological polar surface area (TPSA) is 9.86 Å². The van der Waals surface area contributed by atoms with Gasteiger partial charge in [-0.15, -0.1) is 0 Å². The van der Waals surface area contributed by atoms with Crippen LogP contribution in [0.15, 0.2) is 224 Å². The van der Waals surface area contributed by atoms with Gasteiger partial charge in [0, 0.05) is 49.2 Å². The summed E-state index contributed by atoms with van der Waals surface area (Å²) >= 11 is 0. The second-order valence-electron chi connectivity index (χ2n) is 36.5. The smallest absolute Gasteiger partial charge is 0.252 e. The van der Waals surface area contributed by atoms with Gasteiger partial charge in [-0.05, 0) is 297 Å². The molecule has 8 saturated carbocycles. The third kappa shape index (κ3) is 7.97. The number of hydrogen-bond acceptors (Lipinski definition) is 0. The zero-order valence-electron chi connectivity index (χ0n) is 60.2. The highest BCUT2D eigenvalue weighted by atomic mass is 15.0. The van der Waals surface area contributed by atoms with E-state index in [0.717, 1.165) is 41.4 Å². The number of nitrogens with zero attached hydrogens (tertiary/aromatic N) is 2. The molecule has 0 amide bonds.